The van der Waals surface area contributed by atoms with E-state index in [9.17, 15) is 16.8 Å². The Balaban J connectivity index is 1.53. The van der Waals surface area contributed by atoms with Gasteiger partial charge in [-0.1, -0.05) is 29.8 Å². The van der Waals surface area contributed by atoms with E-state index in [1.807, 2.05) is 0 Å². The second-order valence-corrected chi connectivity index (χ2v) is 13.4. The minimum Gasteiger partial charge on any atom is -0.337 e. The third kappa shape index (κ3) is 4.98. The zero-order chi connectivity index (χ0) is 24.6. The maximum atomic E-state index is 13.0. The molecule has 0 atom stereocenters. The number of halogens is 1. The second kappa shape index (κ2) is 9.36. The van der Waals surface area contributed by atoms with Gasteiger partial charge in [0.15, 0.2) is 11.6 Å². The fraction of sp³-hybridized carbons (Fsp3) is 0.182. The van der Waals surface area contributed by atoms with Crippen molar-refractivity contribution in [3.8, 4) is 0 Å². The number of nitrogens with zero attached hydrogens (tertiary/aromatic N) is 3. The predicted molar refractivity (Wildman–Crippen MR) is 137 cm³/mol. The molecule has 0 saturated carbocycles. The Morgan fingerprint density at radius 1 is 0.857 bits per heavy atom. The van der Waals surface area contributed by atoms with Crippen LogP contribution >= 0.6 is 22.9 Å². The molecule has 35 heavy (non-hydrogen) atoms. The number of anilines is 3. The van der Waals surface area contributed by atoms with Gasteiger partial charge in [-0.3, -0.25) is 4.72 Å². The van der Waals surface area contributed by atoms with Gasteiger partial charge in [0.1, 0.15) is 4.21 Å². The molecular formula is C22H20ClN5O4S3. The van der Waals surface area contributed by atoms with E-state index in [-0.39, 0.29) is 20.7 Å². The van der Waals surface area contributed by atoms with E-state index in [4.69, 9.17) is 11.6 Å². The van der Waals surface area contributed by atoms with E-state index in [2.05, 4.69) is 20.0 Å². The number of sulfonamides is 2. The van der Waals surface area contributed by atoms with Gasteiger partial charge in [0.2, 0.25) is 10.0 Å². The van der Waals surface area contributed by atoms with Crippen LogP contribution in [0.2, 0.25) is 4.34 Å². The summed E-state index contributed by atoms with van der Waals surface area (Å²) >= 11 is 6.84. The number of fused-ring (bicyclic) bond motifs is 1. The van der Waals surface area contributed by atoms with Crippen molar-refractivity contribution in [3.05, 3.63) is 65.0 Å². The van der Waals surface area contributed by atoms with Crippen LogP contribution in [0.25, 0.3) is 11.0 Å². The first-order chi connectivity index (χ1) is 16.7. The topological polar surface area (TPSA) is 121 Å². The lowest BCUT2D eigenvalue weighted by atomic mass is 10.3. The molecule has 1 aliphatic heterocycles. The number of aromatic nitrogens is 2. The number of rotatable bonds is 7. The van der Waals surface area contributed by atoms with Crippen LogP contribution < -0.4 is 10.0 Å². The average Bonchev–Trinajstić information content (AvgIpc) is 3.52. The van der Waals surface area contributed by atoms with Gasteiger partial charge in [-0.25, -0.2) is 26.8 Å². The highest BCUT2D eigenvalue weighted by Crippen LogP contribution is 2.31. The normalized spacial score (nSPS) is 14.9. The fourth-order valence-corrected chi connectivity index (χ4v) is 7.78. The van der Waals surface area contributed by atoms with Crippen LogP contribution in [0.5, 0.6) is 0 Å². The molecule has 4 aromatic rings. The van der Waals surface area contributed by atoms with Crippen LogP contribution in [0.15, 0.2) is 69.8 Å². The monoisotopic (exact) mass is 549 g/mol. The number of hydrogen-bond donors (Lipinski definition) is 2. The van der Waals surface area contributed by atoms with Crippen molar-refractivity contribution >= 4 is 71.3 Å². The lowest BCUT2D eigenvalue weighted by Crippen LogP contribution is -2.27. The summed E-state index contributed by atoms with van der Waals surface area (Å²) in [5.41, 5.74) is 1.46. The predicted octanol–water partition coefficient (Wildman–Crippen LogP) is 4.67. The van der Waals surface area contributed by atoms with Gasteiger partial charge in [-0.15, -0.1) is 11.3 Å². The Kier molecular flexibility index (Phi) is 6.40. The van der Waals surface area contributed by atoms with E-state index in [0.717, 1.165) is 24.2 Å². The van der Waals surface area contributed by atoms with Crippen molar-refractivity contribution in [2.75, 3.05) is 23.1 Å². The Hall–Kier alpha value is -2.77. The maximum Gasteiger partial charge on any atom is 0.272 e. The highest BCUT2D eigenvalue weighted by molar-refractivity contribution is 7.94. The molecule has 182 valence electrons. The van der Waals surface area contributed by atoms with Crippen molar-refractivity contribution in [3.63, 3.8) is 0 Å². The summed E-state index contributed by atoms with van der Waals surface area (Å²) in [7, 11) is -7.61. The van der Waals surface area contributed by atoms with E-state index in [1.54, 1.807) is 36.4 Å². The molecule has 9 nitrogen and oxygen atoms in total. The molecule has 0 bridgehead atoms. The SMILES string of the molecule is O=S(=O)(Nc1nc2ccccc2nc1Nc1cccc(S(=O)(=O)N2CCCC2)c1)c1ccc(Cl)s1. The third-order valence-corrected chi connectivity index (χ3v) is 10.4. The number of hydrogen-bond acceptors (Lipinski definition) is 8. The van der Waals surface area contributed by atoms with Gasteiger partial charge in [-0.05, 0) is 55.3 Å². The van der Waals surface area contributed by atoms with Crippen LogP contribution in [-0.2, 0) is 20.0 Å². The van der Waals surface area contributed by atoms with E-state index >= 15 is 0 Å². The molecule has 3 heterocycles. The van der Waals surface area contributed by atoms with Crippen LogP contribution in [-0.4, -0.2) is 44.2 Å². The summed E-state index contributed by atoms with van der Waals surface area (Å²) < 4.78 is 56.2. The molecule has 2 aromatic heterocycles. The first-order valence-electron chi connectivity index (χ1n) is 10.6. The molecule has 13 heteroatoms. The Bertz CT molecular complexity index is 1620. The molecule has 1 saturated heterocycles. The summed E-state index contributed by atoms with van der Waals surface area (Å²) in [4.78, 5) is 9.14. The summed E-state index contributed by atoms with van der Waals surface area (Å²) in [6, 6.07) is 16.3. The number of benzene rings is 2. The molecule has 2 N–H and O–H groups in total. The van der Waals surface area contributed by atoms with Gasteiger partial charge in [0.05, 0.1) is 20.3 Å². The molecular weight excluding hydrogens is 530 g/mol. The van der Waals surface area contributed by atoms with Gasteiger partial charge in [-0.2, -0.15) is 4.31 Å². The number of nitrogens with one attached hydrogen (secondary N) is 2. The van der Waals surface area contributed by atoms with Crippen molar-refractivity contribution in [2.24, 2.45) is 0 Å². The molecule has 0 unspecified atom stereocenters. The first kappa shape index (κ1) is 23.9. The third-order valence-electron chi connectivity index (χ3n) is 5.41. The standard InChI is InChI=1S/C22H20ClN5O4S3/c23-19-10-11-20(33-19)34(29,30)27-22-21(25-17-8-1-2-9-18(17)26-22)24-15-6-5-7-16(14-15)35(31,32)28-12-3-4-13-28/h1-2,5-11,14H,3-4,12-13H2,(H,24,25)(H,26,27). The van der Waals surface area contributed by atoms with E-state index < -0.39 is 20.0 Å². The lowest BCUT2D eigenvalue weighted by Gasteiger charge is -2.17. The van der Waals surface area contributed by atoms with E-state index in [0.29, 0.717) is 34.1 Å². The molecule has 1 aliphatic rings. The Labute approximate surface area is 211 Å². The largest absolute Gasteiger partial charge is 0.337 e. The highest BCUT2D eigenvalue weighted by Gasteiger charge is 2.27. The number of para-hydroxylation sites is 2. The molecule has 2 aromatic carbocycles. The van der Waals surface area contributed by atoms with Crippen LogP contribution in [0.3, 0.4) is 0 Å². The molecule has 0 aliphatic carbocycles. The zero-order valence-corrected chi connectivity index (χ0v) is 21.4. The Morgan fingerprint density at radius 3 is 2.20 bits per heavy atom. The summed E-state index contributed by atoms with van der Waals surface area (Å²) in [6.45, 7) is 0.990. The van der Waals surface area contributed by atoms with Gasteiger partial charge < -0.3 is 5.32 Å². The van der Waals surface area contributed by atoms with Gasteiger partial charge >= 0.3 is 0 Å². The lowest BCUT2D eigenvalue weighted by molar-refractivity contribution is 0.477. The summed E-state index contributed by atoms with van der Waals surface area (Å²) in [6.07, 6.45) is 1.67. The number of thiophene rings is 1. The Morgan fingerprint density at radius 2 is 1.54 bits per heavy atom. The average molecular weight is 550 g/mol. The van der Waals surface area contributed by atoms with Crippen molar-refractivity contribution in [1.82, 2.24) is 14.3 Å². The van der Waals surface area contributed by atoms with Crippen LogP contribution in [0.1, 0.15) is 12.8 Å². The minimum atomic E-state index is -3.98. The fourth-order valence-electron chi connectivity index (χ4n) is 3.73. The summed E-state index contributed by atoms with van der Waals surface area (Å²) in [5, 5.41) is 3.04. The van der Waals surface area contributed by atoms with E-state index in [1.165, 1.54) is 28.6 Å². The molecule has 1 fully saturated rings. The van der Waals surface area contributed by atoms with Gasteiger partial charge in [0.25, 0.3) is 10.0 Å². The molecule has 0 radical (unpaired) electrons. The van der Waals surface area contributed by atoms with Crippen molar-refractivity contribution < 1.29 is 16.8 Å². The van der Waals surface area contributed by atoms with Crippen LogP contribution in [0, 0.1) is 0 Å². The smallest absolute Gasteiger partial charge is 0.272 e. The molecule has 5 rings (SSSR count). The maximum absolute atomic E-state index is 13.0. The van der Waals surface area contributed by atoms with Gasteiger partial charge in [0, 0.05) is 18.8 Å². The first-order valence-corrected chi connectivity index (χ1v) is 14.8. The van der Waals surface area contributed by atoms with Crippen molar-refractivity contribution in [1.29, 1.82) is 0 Å². The molecule has 0 amide bonds. The minimum absolute atomic E-state index is 0.0268. The van der Waals surface area contributed by atoms with Crippen LogP contribution in [0.4, 0.5) is 17.3 Å². The quantitative estimate of drug-likeness (QED) is 0.343. The zero-order valence-electron chi connectivity index (χ0n) is 18.2. The summed E-state index contributed by atoms with van der Waals surface area (Å²) in [5.74, 6) is 0.103. The second-order valence-electron chi connectivity index (χ2n) is 7.84. The van der Waals surface area contributed by atoms with Crippen molar-refractivity contribution in [2.45, 2.75) is 21.9 Å². The molecule has 0 spiro atoms. The highest BCUT2D eigenvalue weighted by atomic mass is 35.5.